The van der Waals surface area contributed by atoms with Gasteiger partial charge in [0, 0.05) is 10.6 Å². The zero-order chi connectivity index (χ0) is 16.7. The largest absolute Gasteiger partial charge is 0.508 e. The highest BCUT2D eigenvalue weighted by Gasteiger charge is 2.07. The summed E-state index contributed by atoms with van der Waals surface area (Å²) in [7, 11) is 0. The van der Waals surface area contributed by atoms with Crippen molar-refractivity contribution < 1.29 is 14.7 Å². The number of halogens is 1. The van der Waals surface area contributed by atoms with Crippen molar-refractivity contribution in [2.24, 2.45) is 5.10 Å². The van der Waals surface area contributed by atoms with Crippen molar-refractivity contribution in [3.63, 3.8) is 0 Å². The van der Waals surface area contributed by atoms with Gasteiger partial charge in [-0.15, -0.1) is 0 Å². The van der Waals surface area contributed by atoms with Crippen molar-refractivity contribution in [3.8, 4) is 5.75 Å². The van der Waals surface area contributed by atoms with Gasteiger partial charge in [-0.25, -0.2) is 5.43 Å². The summed E-state index contributed by atoms with van der Waals surface area (Å²) in [5.41, 5.74) is 3.32. The summed E-state index contributed by atoms with van der Waals surface area (Å²) in [6, 6.07) is 12.7. The number of carbonyl (C=O) groups is 2. The van der Waals surface area contributed by atoms with Crippen molar-refractivity contribution in [1.82, 2.24) is 10.7 Å². The normalized spacial score (nSPS) is 10.5. The monoisotopic (exact) mass is 331 g/mol. The number of nitrogens with zero attached hydrogens (tertiary/aromatic N) is 1. The standard InChI is InChI=1S/C16H14ClN3O3/c17-13-6-4-12(5-7-13)16(23)18-10-15(22)20-19-9-11-2-1-3-14(21)8-11/h1-9,21H,10H2,(H,18,23)(H,20,22)/b19-9-. The van der Waals surface area contributed by atoms with Crippen LogP contribution in [-0.2, 0) is 4.79 Å². The first kappa shape index (κ1) is 16.5. The summed E-state index contributed by atoms with van der Waals surface area (Å²) in [4.78, 5) is 23.4. The molecule has 0 aliphatic carbocycles. The Bertz CT molecular complexity index is 730. The van der Waals surface area contributed by atoms with Crippen LogP contribution in [0.25, 0.3) is 0 Å². The second-order valence-corrected chi connectivity index (χ2v) is 5.01. The van der Waals surface area contributed by atoms with Gasteiger partial charge in [0.25, 0.3) is 11.8 Å². The summed E-state index contributed by atoms with van der Waals surface area (Å²) >= 11 is 5.73. The van der Waals surface area contributed by atoms with Crippen LogP contribution >= 0.6 is 11.6 Å². The molecular weight excluding hydrogens is 318 g/mol. The van der Waals surface area contributed by atoms with Gasteiger partial charge in [0.15, 0.2) is 0 Å². The lowest BCUT2D eigenvalue weighted by Gasteiger charge is -2.04. The molecule has 0 aliphatic rings. The van der Waals surface area contributed by atoms with E-state index in [9.17, 15) is 14.7 Å². The van der Waals surface area contributed by atoms with E-state index >= 15 is 0 Å². The van der Waals surface area contributed by atoms with E-state index in [4.69, 9.17) is 11.6 Å². The number of phenolic OH excluding ortho intramolecular Hbond substituents is 1. The molecule has 2 aromatic carbocycles. The van der Waals surface area contributed by atoms with Crippen LogP contribution in [0.5, 0.6) is 5.75 Å². The van der Waals surface area contributed by atoms with Crippen molar-refractivity contribution in [1.29, 1.82) is 0 Å². The molecule has 2 rings (SSSR count). The van der Waals surface area contributed by atoms with Crippen LogP contribution in [0.15, 0.2) is 53.6 Å². The molecule has 2 amide bonds. The van der Waals surface area contributed by atoms with E-state index in [2.05, 4.69) is 15.8 Å². The van der Waals surface area contributed by atoms with Crippen molar-refractivity contribution in [2.75, 3.05) is 6.54 Å². The topological polar surface area (TPSA) is 90.8 Å². The second-order valence-electron chi connectivity index (χ2n) is 4.58. The quantitative estimate of drug-likeness (QED) is 0.577. The van der Waals surface area contributed by atoms with Crippen molar-refractivity contribution in [2.45, 2.75) is 0 Å². The number of amides is 2. The second kappa shape index (κ2) is 7.95. The van der Waals surface area contributed by atoms with Gasteiger partial charge in [-0.3, -0.25) is 9.59 Å². The zero-order valence-electron chi connectivity index (χ0n) is 12.0. The predicted octanol–water partition coefficient (Wildman–Crippen LogP) is 1.93. The maximum absolute atomic E-state index is 11.8. The Kier molecular flexibility index (Phi) is 5.71. The fourth-order valence-electron chi connectivity index (χ4n) is 1.69. The van der Waals surface area contributed by atoms with Crippen LogP contribution < -0.4 is 10.7 Å². The molecule has 0 bridgehead atoms. The Morgan fingerprint density at radius 1 is 1.17 bits per heavy atom. The summed E-state index contributed by atoms with van der Waals surface area (Å²) in [5, 5.41) is 16.0. The molecule has 6 nitrogen and oxygen atoms in total. The number of rotatable bonds is 5. The molecule has 0 saturated heterocycles. The van der Waals surface area contributed by atoms with Crippen LogP contribution in [0.3, 0.4) is 0 Å². The first-order valence-electron chi connectivity index (χ1n) is 6.69. The molecule has 0 spiro atoms. The summed E-state index contributed by atoms with van der Waals surface area (Å²) in [6.07, 6.45) is 1.39. The van der Waals surface area contributed by atoms with Gasteiger partial charge in [0.2, 0.25) is 0 Å². The fraction of sp³-hybridized carbons (Fsp3) is 0.0625. The number of hydrogen-bond donors (Lipinski definition) is 3. The van der Waals surface area contributed by atoms with Crippen LogP contribution in [0.4, 0.5) is 0 Å². The molecule has 0 radical (unpaired) electrons. The molecule has 0 fully saturated rings. The third-order valence-electron chi connectivity index (χ3n) is 2.79. The van der Waals surface area contributed by atoms with Gasteiger partial charge in [-0.1, -0.05) is 23.7 Å². The van der Waals surface area contributed by atoms with Gasteiger partial charge >= 0.3 is 0 Å². The molecule has 23 heavy (non-hydrogen) atoms. The Balaban J connectivity index is 1.78. The first-order valence-corrected chi connectivity index (χ1v) is 7.07. The van der Waals surface area contributed by atoms with Crippen molar-refractivity contribution in [3.05, 3.63) is 64.7 Å². The predicted molar refractivity (Wildman–Crippen MR) is 87.6 cm³/mol. The van der Waals surface area contributed by atoms with E-state index in [1.165, 1.54) is 18.3 Å². The third kappa shape index (κ3) is 5.44. The minimum Gasteiger partial charge on any atom is -0.508 e. The summed E-state index contributed by atoms with van der Waals surface area (Å²) in [5.74, 6) is -0.743. The molecule has 0 atom stereocenters. The SMILES string of the molecule is O=C(CNC(=O)c1ccc(Cl)cc1)N/N=C\c1cccc(O)c1. The highest BCUT2D eigenvalue weighted by molar-refractivity contribution is 6.30. The molecule has 2 aromatic rings. The number of hydrazone groups is 1. The minimum absolute atomic E-state index is 0.107. The lowest BCUT2D eigenvalue weighted by molar-refractivity contribution is -0.120. The van der Waals surface area contributed by atoms with Crippen molar-refractivity contribution >= 4 is 29.6 Å². The zero-order valence-corrected chi connectivity index (χ0v) is 12.7. The number of aromatic hydroxyl groups is 1. The van der Waals surface area contributed by atoms with E-state index in [-0.39, 0.29) is 18.2 Å². The Morgan fingerprint density at radius 2 is 1.91 bits per heavy atom. The van der Waals surface area contributed by atoms with Crippen LogP contribution in [0.2, 0.25) is 5.02 Å². The minimum atomic E-state index is -0.469. The molecule has 3 N–H and O–H groups in total. The highest BCUT2D eigenvalue weighted by atomic mass is 35.5. The average Bonchev–Trinajstić information content (AvgIpc) is 2.53. The molecule has 0 aromatic heterocycles. The van der Waals surface area contributed by atoms with E-state index in [0.717, 1.165) is 0 Å². The third-order valence-corrected chi connectivity index (χ3v) is 3.04. The molecular formula is C16H14ClN3O3. The number of benzene rings is 2. The molecule has 0 unspecified atom stereocenters. The smallest absolute Gasteiger partial charge is 0.259 e. The molecule has 0 saturated carbocycles. The van der Waals surface area contributed by atoms with Crippen LogP contribution in [0, 0.1) is 0 Å². The number of phenols is 1. The van der Waals surface area contributed by atoms with Gasteiger partial charge in [-0.05, 0) is 42.0 Å². The Labute approximate surface area is 137 Å². The molecule has 0 heterocycles. The molecule has 7 heteroatoms. The van der Waals surface area contributed by atoms with Crippen LogP contribution in [0.1, 0.15) is 15.9 Å². The highest BCUT2D eigenvalue weighted by Crippen LogP contribution is 2.09. The Hall–Kier alpha value is -2.86. The van der Waals surface area contributed by atoms with Gasteiger partial charge in [0.05, 0.1) is 12.8 Å². The lowest BCUT2D eigenvalue weighted by atomic mass is 10.2. The number of carbonyl (C=O) groups excluding carboxylic acids is 2. The lowest BCUT2D eigenvalue weighted by Crippen LogP contribution is -2.34. The van der Waals surface area contributed by atoms with Gasteiger partial charge in [-0.2, -0.15) is 5.10 Å². The summed E-state index contributed by atoms with van der Waals surface area (Å²) in [6.45, 7) is -0.209. The molecule has 118 valence electrons. The Morgan fingerprint density at radius 3 is 2.61 bits per heavy atom. The molecule has 0 aliphatic heterocycles. The van der Waals surface area contributed by atoms with E-state index in [1.807, 2.05) is 0 Å². The van der Waals surface area contributed by atoms with Gasteiger partial charge < -0.3 is 10.4 Å². The first-order chi connectivity index (χ1) is 11.0. The summed E-state index contributed by atoms with van der Waals surface area (Å²) < 4.78 is 0. The van der Waals surface area contributed by atoms with E-state index in [0.29, 0.717) is 16.1 Å². The maximum Gasteiger partial charge on any atom is 0.259 e. The number of nitrogens with one attached hydrogen (secondary N) is 2. The number of hydrogen-bond acceptors (Lipinski definition) is 4. The van der Waals surface area contributed by atoms with Crippen LogP contribution in [-0.4, -0.2) is 29.7 Å². The van der Waals surface area contributed by atoms with E-state index in [1.54, 1.807) is 36.4 Å². The van der Waals surface area contributed by atoms with E-state index < -0.39 is 5.91 Å². The maximum atomic E-state index is 11.8. The fourth-order valence-corrected chi connectivity index (χ4v) is 1.81. The van der Waals surface area contributed by atoms with Gasteiger partial charge in [0.1, 0.15) is 5.75 Å². The average molecular weight is 332 g/mol.